The van der Waals surface area contributed by atoms with Gasteiger partial charge in [0.05, 0.1) is 6.54 Å². The molecule has 0 bridgehead atoms. The van der Waals surface area contributed by atoms with Crippen molar-refractivity contribution in [3.8, 4) is 0 Å². The van der Waals surface area contributed by atoms with Crippen molar-refractivity contribution in [3.05, 3.63) is 17.8 Å². The predicted octanol–water partition coefficient (Wildman–Crippen LogP) is -0.0555. The normalized spacial score (nSPS) is 10.3. The molecule has 2 aromatic heterocycles. The molecule has 0 unspecified atom stereocenters. The Bertz CT molecular complexity index is 475. The van der Waals surface area contributed by atoms with Crippen LogP contribution in [-0.4, -0.2) is 20.1 Å². The summed E-state index contributed by atoms with van der Waals surface area (Å²) in [6.45, 7) is 2.10. The third-order valence-electron chi connectivity index (χ3n) is 1.76. The van der Waals surface area contributed by atoms with E-state index >= 15 is 0 Å². The molecule has 0 saturated heterocycles. The van der Waals surface area contributed by atoms with Crippen LogP contribution in [-0.2, 0) is 6.54 Å². The lowest BCUT2D eigenvalue weighted by atomic mass is 10.5. The van der Waals surface area contributed by atoms with Gasteiger partial charge in [-0.2, -0.15) is 15.0 Å². The Morgan fingerprint density at radius 1 is 1.31 bits per heavy atom. The fourth-order valence-corrected chi connectivity index (χ4v) is 1.16. The SMILES string of the molecule is Cc1nc(CNc2cc(N)nc(N)n2)no1. The Morgan fingerprint density at radius 2 is 2.12 bits per heavy atom. The molecule has 2 aromatic rings. The molecule has 16 heavy (non-hydrogen) atoms. The summed E-state index contributed by atoms with van der Waals surface area (Å²) in [4.78, 5) is 11.7. The molecule has 84 valence electrons. The van der Waals surface area contributed by atoms with Gasteiger partial charge in [0.15, 0.2) is 5.82 Å². The highest BCUT2D eigenvalue weighted by molar-refractivity contribution is 5.48. The zero-order valence-corrected chi connectivity index (χ0v) is 8.64. The Kier molecular flexibility index (Phi) is 2.54. The number of hydrogen-bond donors (Lipinski definition) is 3. The molecule has 0 aliphatic carbocycles. The summed E-state index contributed by atoms with van der Waals surface area (Å²) in [6.07, 6.45) is 0. The lowest BCUT2D eigenvalue weighted by Gasteiger charge is -2.03. The van der Waals surface area contributed by atoms with Gasteiger partial charge >= 0.3 is 0 Å². The largest absolute Gasteiger partial charge is 0.383 e. The topological polar surface area (TPSA) is 129 Å². The van der Waals surface area contributed by atoms with Crippen molar-refractivity contribution in [2.45, 2.75) is 13.5 Å². The quantitative estimate of drug-likeness (QED) is 0.657. The van der Waals surface area contributed by atoms with Gasteiger partial charge < -0.3 is 21.3 Å². The number of nitrogens with one attached hydrogen (secondary N) is 1. The first kappa shape index (κ1) is 10.1. The van der Waals surface area contributed by atoms with E-state index in [0.717, 1.165) is 0 Å². The van der Waals surface area contributed by atoms with Crippen LogP contribution in [0.3, 0.4) is 0 Å². The Balaban J connectivity index is 2.04. The van der Waals surface area contributed by atoms with Gasteiger partial charge in [-0.15, -0.1) is 0 Å². The van der Waals surface area contributed by atoms with Crippen LogP contribution in [0.2, 0.25) is 0 Å². The van der Waals surface area contributed by atoms with E-state index < -0.39 is 0 Å². The summed E-state index contributed by atoms with van der Waals surface area (Å²) in [5.41, 5.74) is 11.0. The summed E-state index contributed by atoms with van der Waals surface area (Å²) in [7, 11) is 0. The number of anilines is 3. The van der Waals surface area contributed by atoms with Crippen molar-refractivity contribution in [2.75, 3.05) is 16.8 Å². The second-order valence-electron chi connectivity index (χ2n) is 3.12. The number of nitrogens with two attached hydrogens (primary N) is 2. The summed E-state index contributed by atoms with van der Waals surface area (Å²) in [5.74, 6) is 1.99. The minimum Gasteiger partial charge on any atom is -0.383 e. The van der Waals surface area contributed by atoms with Crippen molar-refractivity contribution >= 4 is 17.6 Å². The Morgan fingerprint density at radius 3 is 2.75 bits per heavy atom. The number of nitrogens with zero attached hydrogens (tertiary/aromatic N) is 4. The van der Waals surface area contributed by atoms with E-state index in [0.29, 0.717) is 29.9 Å². The zero-order chi connectivity index (χ0) is 11.5. The fourth-order valence-electron chi connectivity index (χ4n) is 1.16. The number of aromatic nitrogens is 4. The molecule has 0 amide bonds. The third-order valence-corrected chi connectivity index (χ3v) is 1.76. The Labute approximate surface area is 91.1 Å². The van der Waals surface area contributed by atoms with Crippen molar-refractivity contribution in [1.82, 2.24) is 20.1 Å². The van der Waals surface area contributed by atoms with Crippen LogP contribution in [0.1, 0.15) is 11.7 Å². The highest BCUT2D eigenvalue weighted by atomic mass is 16.5. The maximum Gasteiger partial charge on any atom is 0.223 e. The van der Waals surface area contributed by atoms with Crippen molar-refractivity contribution in [1.29, 1.82) is 0 Å². The lowest BCUT2D eigenvalue weighted by Crippen LogP contribution is -2.07. The molecule has 0 aliphatic heterocycles. The number of hydrogen-bond acceptors (Lipinski definition) is 8. The number of aryl methyl sites for hydroxylation is 1. The molecule has 0 spiro atoms. The maximum atomic E-state index is 5.51. The average Bonchev–Trinajstić information content (AvgIpc) is 2.60. The number of nitrogen functional groups attached to an aromatic ring is 2. The van der Waals surface area contributed by atoms with Gasteiger partial charge in [0.1, 0.15) is 11.6 Å². The third kappa shape index (κ3) is 2.35. The second kappa shape index (κ2) is 4.01. The second-order valence-corrected chi connectivity index (χ2v) is 3.12. The molecular formula is C8H11N7O. The highest BCUT2D eigenvalue weighted by Crippen LogP contribution is 2.10. The molecular weight excluding hydrogens is 210 g/mol. The monoisotopic (exact) mass is 221 g/mol. The van der Waals surface area contributed by atoms with E-state index in [1.54, 1.807) is 13.0 Å². The predicted molar refractivity (Wildman–Crippen MR) is 57.2 cm³/mol. The van der Waals surface area contributed by atoms with E-state index in [1.165, 1.54) is 0 Å². The van der Waals surface area contributed by atoms with Crippen molar-refractivity contribution in [2.24, 2.45) is 0 Å². The molecule has 0 saturated carbocycles. The first-order valence-electron chi connectivity index (χ1n) is 4.56. The molecule has 8 nitrogen and oxygen atoms in total. The molecule has 2 rings (SSSR count). The molecule has 8 heteroatoms. The van der Waals surface area contributed by atoms with Gasteiger partial charge in [-0.25, -0.2) is 0 Å². The minimum absolute atomic E-state index is 0.117. The average molecular weight is 221 g/mol. The summed E-state index contributed by atoms with van der Waals surface area (Å²) in [6, 6.07) is 1.57. The zero-order valence-electron chi connectivity index (χ0n) is 8.64. The first-order chi connectivity index (χ1) is 7.63. The lowest BCUT2D eigenvalue weighted by molar-refractivity contribution is 0.388. The summed E-state index contributed by atoms with van der Waals surface area (Å²) >= 11 is 0. The van der Waals surface area contributed by atoms with E-state index in [-0.39, 0.29) is 5.95 Å². The van der Waals surface area contributed by atoms with Crippen LogP contribution in [0.15, 0.2) is 10.6 Å². The molecule has 0 fully saturated rings. The van der Waals surface area contributed by atoms with Gasteiger partial charge in [0.2, 0.25) is 11.8 Å². The molecule has 2 heterocycles. The molecule has 0 aromatic carbocycles. The molecule has 0 atom stereocenters. The van der Waals surface area contributed by atoms with Crippen LogP contribution in [0.5, 0.6) is 0 Å². The van der Waals surface area contributed by atoms with Crippen LogP contribution in [0, 0.1) is 6.92 Å². The smallest absolute Gasteiger partial charge is 0.223 e. The summed E-state index contributed by atoms with van der Waals surface area (Å²) < 4.78 is 4.82. The van der Waals surface area contributed by atoms with Crippen molar-refractivity contribution in [3.63, 3.8) is 0 Å². The first-order valence-corrected chi connectivity index (χ1v) is 4.56. The van der Waals surface area contributed by atoms with E-state index in [1.807, 2.05) is 0 Å². The molecule has 5 N–H and O–H groups in total. The van der Waals surface area contributed by atoms with Gasteiger partial charge in [0.25, 0.3) is 0 Å². The molecule has 0 aliphatic rings. The van der Waals surface area contributed by atoms with E-state index in [4.69, 9.17) is 16.0 Å². The van der Waals surface area contributed by atoms with Crippen LogP contribution in [0.4, 0.5) is 17.6 Å². The maximum absolute atomic E-state index is 5.51. The van der Waals surface area contributed by atoms with Gasteiger partial charge in [-0.05, 0) is 0 Å². The minimum atomic E-state index is 0.117. The van der Waals surface area contributed by atoms with Crippen molar-refractivity contribution < 1.29 is 4.52 Å². The standard InChI is InChI=1S/C8H11N7O/c1-4-12-7(15-16-4)3-11-6-2-5(9)13-8(10)14-6/h2H,3H2,1H3,(H5,9,10,11,13,14). The Hall–Kier alpha value is -2.38. The highest BCUT2D eigenvalue weighted by Gasteiger charge is 2.03. The van der Waals surface area contributed by atoms with E-state index in [9.17, 15) is 0 Å². The van der Waals surface area contributed by atoms with Crippen LogP contribution >= 0.6 is 0 Å². The summed E-state index contributed by atoms with van der Waals surface area (Å²) in [5, 5.41) is 6.68. The van der Waals surface area contributed by atoms with Crippen LogP contribution in [0.25, 0.3) is 0 Å². The van der Waals surface area contributed by atoms with E-state index in [2.05, 4.69) is 25.4 Å². The van der Waals surface area contributed by atoms with Gasteiger partial charge in [-0.3, -0.25) is 0 Å². The van der Waals surface area contributed by atoms with Crippen LogP contribution < -0.4 is 16.8 Å². The molecule has 0 radical (unpaired) electrons. The fraction of sp³-hybridized carbons (Fsp3) is 0.250. The van der Waals surface area contributed by atoms with Gasteiger partial charge in [0, 0.05) is 13.0 Å². The van der Waals surface area contributed by atoms with Gasteiger partial charge in [-0.1, -0.05) is 5.16 Å². The number of rotatable bonds is 3.